The summed E-state index contributed by atoms with van der Waals surface area (Å²) in [5, 5.41) is 33.5. The summed E-state index contributed by atoms with van der Waals surface area (Å²) in [5.41, 5.74) is 0. The minimum absolute atomic E-state index is 0.372. The minimum Gasteiger partial charge on any atom is -0.394 e. The van der Waals surface area contributed by atoms with Crippen LogP contribution in [0.25, 0.3) is 0 Å². The zero-order chi connectivity index (χ0) is 52.2. The Morgan fingerprint density at radius 3 is 0.847 bits per heavy atom. The smallest absolute Gasteiger partial charge is 0.249 e. The molecule has 0 bridgehead atoms. The average Bonchev–Trinajstić information content (AvgIpc) is 3.39. The van der Waals surface area contributed by atoms with Crippen molar-refractivity contribution in [1.29, 1.82) is 0 Å². The van der Waals surface area contributed by atoms with Gasteiger partial charge in [-0.2, -0.15) is 0 Å². The van der Waals surface area contributed by atoms with Gasteiger partial charge >= 0.3 is 0 Å². The monoisotopic (exact) mass is 1010 g/mol. The van der Waals surface area contributed by atoms with E-state index in [1.165, 1.54) is 315 Å². The molecule has 0 fully saturated rings. The Kier molecular flexibility index (Phi) is 61.4. The van der Waals surface area contributed by atoms with Crippen LogP contribution in [0.4, 0.5) is 0 Å². The first kappa shape index (κ1) is 70.8. The number of amides is 1. The highest BCUT2D eigenvalue weighted by molar-refractivity contribution is 5.80. The maximum Gasteiger partial charge on any atom is 0.249 e. The quantitative estimate of drug-likeness (QED) is 0.0361. The zero-order valence-electron chi connectivity index (χ0n) is 49.1. The van der Waals surface area contributed by atoms with Crippen molar-refractivity contribution in [3.8, 4) is 0 Å². The molecule has 0 aliphatic heterocycles. The molecule has 3 atom stereocenters. The van der Waals surface area contributed by atoms with Gasteiger partial charge in [-0.15, -0.1) is 0 Å². The number of rotatable bonds is 62. The average molecular weight is 1010 g/mol. The van der Waals surface area contributed by atoms with Crippen LogP contribution < -0.4 is 5.32 Å². The van der Waals surface area contributed by atoms with Crippen LogP contribution in [0.5, 0.6) is 0 Å². The Hall–Kier alpha value is -1.17. The predicted molar refractivity (Wildman–Crippen MR) is 319 cm³/mol. The lowest BCUT2D eigenvalue weighted by Crippen LogP contribution is -2.48. The van der Waals surface area contributed by atoms with Crippen molar-refractivity contribution in [3.63, 3.8) is 0 Å². The second-order valence-electron chi connectivity index (χ2n) is 23.0. The molecule has 0 aromatic heterocycles. The van der Waals surface area contributed by atoms with Gasteiger partial charge in [-0.25, -0.2) is 0 Å². The van der Waals surface area contributed by atoms with Gasteiger partial charge in [-0.05, 0) is 32.1 Å². The van der Waals surface area contributed by atoms with Crippen molar-refractivity contribution in [3.05, 3.63) is 24.3 Å². The van der Waals surface area contributed by atoms with Gasteiger partial charge in [0.25, 0.3) is 0 Å². The number of allylic oxidation sites excluding steroid dienone is 3. The van der Waals surface area contributed by atoms with E-state index in [-0.39, 0.29) is 6.61 Å². The van der Waals surface area contributed by atoms with E-state index in [4.69, 9.17) is 0 Å². The fraction of sp³-hybridized carbons (Fsp3) is 0.925. The fourth-order valence-electron chi connectivity index (χ4n) is 10.7. The maximum atomic E-state index is 12.6. The third kappa shape index (κ3) is 56.6. The number of hydrogen-bond donors (Lipinski definition) is 4. The number of unbranched alkanes of at least 4 members (excludes halogenated alkanes) is 52. The lowest BCUT2D eigenvalue weighted by Gasteiger charge is -2.21. The molecule has 0 aliphatic rings. The molecule has 0 radical (unpaired) electrons. The van der Waals surface area contributed by atoms with Crippen molar-refractivity contribution in [2.45, 2.75) is 392 Å². The third-order valence-electron chi connectivity index (χ3n) is 15.8. The van der Waals surface area contributed by atoms with Crippen molar-refractivity contribution in [1.82, 2.24) is 5.32 Å². The molecule has 5 nitrogen and oxygen atoms in total. The van der Waals surface area contributed by atoms with E-state index in [0.717, 1.165) is 38.5 Å². The zero-order valence-corrected chi connectivity index (χ0v) is 49.1. The van der Waals surface area contributed by atoms with Crippen LogP contribution in [-0.4, -0.2) is 46.1 Å². The summed E-state index contributed by atoms with van der Waals surface area (Å²) in [7, 11) is 0. The van der Waals surface area contributed by atoms with Gasteiger partial charge < -0.3 is 20.6 Å². The molecule has 4 N–H and O–H groups in total. The molecule has 0 aromatic rings. The molecule has 0 saturated carbocycles. The second kappa shape index (κ2) is 62.4. The Labute approximate surface area is 452 Å². The molecule has 0 spiro atoms. The highest BCUT2D eigenvalue weighted by Gasteiger charge is 2.22. The molecule has 5 heteroatoms. The molecule has 0 aromatic carbocycles. The predicted octanol–water partition coefficient (Wildman–Crippen LogP) is 21.2. The van der Waals surface area contributed by atoms with Crippen LogP contribution in [0, 0.1) is 0 Å². The molecular formula is C67H131NO4. The normalized spacial score (nSPS) is 13.2. The molecule has 0 heterocycles. The van der Waals surface area contributed by atoms with Crippen LogP contribution in [0.1, 0.15) is 373 Å². The topological polar surface area (TPSA) is 89.8 Å². The Morgan fingerprint density at radius 1 is 0.333 bits per heavy atom. The summed E-state index contributed by atoms with van der Waals surface area (Å²) in [5.74, 6) is -0.505. The Balaban J connectivity index is 3.50. The van der Waals surface area contributed by atoms with Crippen LogP contribution >= 0.6 is 0 Å². The van der Waals surface area contributed by atoms with Crippen LogP contribution in [-0.2, 0) is 4.79 Å². The SMILES string of the molecule is CCCCCCCCCCCCCCCCCCCC/C=C/CC/C=C/C(O)C(CO)NC(=O)C(O)CCCCCCCCCCCCCCCCCCCCCCCCCCCCCCCCCCCC. The number of aliphatic hydroxyl groups excluding tert-OH is 3. The second-order valence-corrected chi connectivity index (χ2v) is 23.0. The van der Waals surface area contributed by atoms with Gasteiger partial charge in [-0.1, -0.05) is 366 Å². The van der Waals surface area contributed by atoms with Crippen molar-refractivity contribution < 1.29 is 20.1 Å². The summed E-state index contributed by atoms with van der Waals surface area (Å²) in [6.07, 6.45) is 81.7. The van der Waals surface area contributed by atoms with Crippen LogP contribution in [0.2, 0.25) is 0 Å². The number of carbonyl (C=O) groups excluding carboxylic acids is 1. The van der Waals surface area contributed by atoms with Gasteiger partial charge in [0.15, 0.2) is 0 Å². The van der Waals surface area contributed by atoms with Gasteiger partial charge in [0, 0.05) is 0 Å². The van der Waals surface area contributed by atoms with Crippen molar-refractivity contribution in [2.24, 2.45) is 0 Å². The summed E-state index contributed by atoms with van der Waals surface area (Å²) >= 11 is 0. The highest BCUT2D eigenvalue weighted by Crippen LogP contribution is 2.19. The van der Waals surface area contributed by atoms with E-state index in [2.05, 4.69) is 31.3 Å². The van der Waals surface area contributed by atoms with Crippen LogP contribution in [0.15, 0.2) is 24.3 Å². The summed E-state index contributed by atoms with van der Waals surface area (Å²) in [6, 6.07) is -0.813. The first-order chi connectivity index (χ1) is 35.6. The Morgan fingerprint density at radius 2 is 0.569 bits per heavy atom. The van der Waals surface area contributed by atoms with Gasteiger partial charge in [-0.3, -0.25) is 4.79 Å². The molecule has 0 saturated heterocycles. The van der Waals surface area contributed by atoms with Crippen LogP contribution in [0.3, 0.4) is 0 Å². The lowest BCUT2D eigenvalue weighted by molar-refractivity contribution is -0.131. The largest absolute Gasteiger partial charge is 0.394 e. The molecule has 1 amide bonds. The number of carbonyl (C=O) groups is 1. The standard InChI is InChI=1S/C67H131NO4/c1-3-5-7-9-11-13-15-17-19-21-23-25-27-29-30-31-32-33-34-35-36-37-38-40-42-44-46-48-50-52-54-56-58-60-62-66(71)67(72)68-64(63-69)65(70)61-59-57-55-53-51-49-47-45-43-41-39-28-26-24-22-20-18-16-14-12-10-8-6-4-2/h51,53,59,61,64-66,69-71H,3-50,52,54-58,60,62-63H2,1-2H3,(H,68,72)/b53-51+,61-59+. The van der Waals surface area contributed by atoms with E-state index in [0.29, 0.717) is 6.42 Å². The van der Waals surface area contributed by atoms with Gasteiger partial charge in [0.2, 0.25) is 5.91 Å². The Bertz CT molecular complexity index is 1080. The molecule has 72 heavy (non-hydrogen) atoms. The number of hydrogen-bond acceptors (Lipinski definition) is 4. The number of aliphatic hydroxyl groups is 3. The van der Waals surface area contributed by atoms with E-state index in [1.54, 1.807) is 6.08 Å². The molecule has 428 valence electrons. The molecule has 0 rings (SSSR count). The minimum atomic E-state index is -1.10. The third-order valence-corrected chi connectivity index (χ3v) is 15.8. The lowest BCUT2D eigenvalue weighted by atomic mass is 10.0. The summed E-state index contributed by atoms with van der Waals surface area (Å²) in [6.45, 7) is 4.22. The maximum absolute atomic E-state index is 12.6. The number of nitrogens with one attached hydrogen (secondary N) is 1. The van der Waals surface area contributed by atoms with Gasteiger partial charge in [0.1, 0.15) is 6.10 Å². The summed E-state index contributed by atoms with van der Waals surface area (Å²) in [4.78, 5) is 12.6. The highest BCUT2D eigenvalue weighted by atomic mass is 16.3. The van der Waals surface area contributed by atoms with E-state index >= 15 is 0 Å². The van der Waals surface area contributed by atoms with Crippen molar-refractivity contribution >= 4 is 5.91 Å². The van der Waals surface area contributed by atoms with E-state index in [1.807, 2.05) is 6.08 Å². The van der Waals surface area contributed by atoms with E-state index in [9.17, 15) is 20.1 Å². The molecular weight excluding hydrogens is 883 g/mol. The van der Waals surface area contributed by atoms with Crippen molar-refractivity contribution in [2.75, 3.05) is 6.61 Å². The first-order valence-electron chi connectivity index (χ1n) is 33.2. The molecule has 3 unspecified atom stereocenters. The molecule has 0 aliphatic carbocycles. The first-order valence-corrected chi connectivity index (χ1v) is 33.2. The summed E-state index contributed by atoms with van der Waals surface area (Å²) < 4.78 is 0. The fourth-order valence-corrected chi connectivity index (χ4v) is 10.7. The van der Waals surface area contributed by atoms with Gasteiger partial charge in [0.05, 0.1) is 18.8 Å². The van der Waals surface area contributed by atoms with E-state index < -0.39 is 24.2 Å².